The van der Waals surface area contributed by atoms with Crippen molar-refractivity contribution < 1.29 is 9.90 Å². The van der Waals surface area contributed by atoms with Gasteiger partial charge in [-0.25, -0.2) is 0 Å². The normalized spacial score (nSPS) is 10.7. The molecular weight excluding hydrogens is 523 g/mol. The number of carboxylic acids is 1. The van der Waals surface area contributed by atoms with E-state index in [0.717, 1.165) is 12.8 Å². The molecule has 0 atom stereocenters. The molecule has 2 nitrogen and oxygen atoms in total. The van der Waals surface area contributed by atoms with Crippen molar-refractivity contribution in [2.24, 2.45) is 0 Å². The molecule has 0 aromatic rings. The first-order valence-electron chi connectivity index (χ1n) is 15.7. The fourth-order valence-electron chi connectivity index (χ4n) is 4.54. The molecule has 0 aromatic heterocycles. The molecule has 0 fully saturated rings. The molecule has 0 aliphatic heterocycles. The predicted molar refractivity (Wildman–Crippen MR) is 154 cm³/mol. The van der Waals surface area contributed by atoms with Crippen LogP contribution < -0.4 is 5.11 Å². The molecule has 34 heavy (non-hydrogen) atoms. The SMILES string of the molecule is CCCCCCCCCCCCCCCC(=O)[O-].CCCC[CH2][Sn+]([CH2]CCCC)[CH2]CCCC. The van der Waals surface area contributed by atoms with E-state index in [0.29, 0.717) is 0 Å². The Labute approximate surface area is 223 Å². The molecule has 0 N–H and O–H groups in total. The summed E-state index contributed by atoms with van der Waals surface area (Å²) in [6.07, 6.45) is 30.3. The van der Waals surface area contributed by atoms with Crippen LogP contribution in [0.4, 0.5) is 0 Å². The molecule has 0 saturated heterocycles. The van der Waals surface area contributed by atoms with E-state index >= 15 is 0 Å². The van der Waals surface area contributed by atoms with E-state index in [1.54, 1.807) is 32.6 Å². The van der Waals surface area contributed by atoms with E-state index in [9.17, 15) is 9.90 Å². The van der Waals surface area contributed by atoms with Gasteiger partial charge in [-0.1, -0.05) is 84.0 Å². The topological polar surface area (TPSA) is 40.1 Å². The molecule has 0 aliphatic carbocycles. The van der Waals surface area contributed by atoms with Gasteiger partial charge in [0, 0.05) is 5.97 Å². The van der Waals surface area contributed by atoms with E-state index in [1.807, 2.05) is 0 Å². The molecule has 204 valence electrons. The number of hydrogen-bond acceptors (Lipinski definition) is 2. The van der Waals surface area contributed by atoms with E-state index in [1.165, 1.54) is 109 Å². The van der Waals surface area contributed by atoms with Crippen LogP contribution in [0.25, 0.3) is 0 Å². The fraction of sp³-hybridized carbons (Fsp3) is 0.968. The van der Waals surface area contributed by atoms with Crippen LogP contribution in [0.15, 0.2) is 0 Å². The average molecular weight is 588 g/mol. The van der Waals surface area contributed by atoms with Crippen LogP contribution in [0.1, 0.15) is 175 Å². The maximum atomic E-state index is 10.2. The van der Waals surface area contributed by atoms with Gasteiger partial charge in [0.2, 0.25) is 0 Å². The first-order valence-corrected chi connectivity index (χ1v) is 21.7. The van der Waals surface area contributed by atoms with Crippen LogP contribution in [0, 0.1) is 0 Å². The zero-order valence-corrected chi connectivity index (χ0v) is 27.1. The Morgan fingerprint density at radius 3 is 1.00 bits per heavy atom. The number of hydrogen-bond donors (Lipinski definition) is 0. The molecule has 0 spiro atoms. The molecule has 0 aromatic carbocycles. The molecule has 0 heterocycles. The first-order chi connectivity index (χ1) is 16.6. The molecule has 0 unspecified atom stereocenters. The van der Waals surface area contributed by atoms with Gasteiger partial charge in [0.05, 0.1) is 0 Å². The standard InChI is InChI=1S/C16H32O2.3C5H11.Sn/c1-2-3-4-5-6-7-8-9-10-11-12-13-14-15-16(17)18;3*1-3-5-4-2;/h2-15H2,1H3,(H,17,18);3*1,3-5H2,2H3;/q;;;;+1/p-1. The Bertz CT molecular complexity index is 349. The van der Waals surface area contributed by atoms with E-state index < -0.39 is 25.7 Å². The molecule has 0 amide bonds. The number of carbonyl (C=O) groups is 1. The van der Waals surface area contributed by atoms with Crippen molar-refractivity contribution in [2.45, 2.75) is 189 Å². The number of aliphatic carboxylic acids is 1. The second-order valence-corrected chi connectivity index (χ2v) is 19.0. The third-order valence-corrected chi connectivity index (χ3v) is 16.0. The summed E-state index contributed by atoms with van der Waals surface area (Å²) in [6, 6.07) is 0. The Morgan fingerprint density at radius 2 is 0.706 bits per heavy atom. The van der Waals surface area contributed by atoms with Gasteiger partial charge in [0.15, 0.2) is 0 Å². The van der Waals surface area contributed by atoms with Gasteiger partial charge in [-0.05, 0) is 12.8 Å². The van der Waals surface area contributed by atoms with Crippen LogP contribution in [0.2, 0.25) is 13.3 Å². The zero-order valence-electron chi connectivity index (χ0n) is 24.2. The van der Waals surface area contributed by atoms with Gasteiger partial charge < -0.3 is 9.90 Å². The van der Waals surface area contributed by atoms with Crippen LogP contribution in [-0.2, 0) is 4.79 Å². The summed E-state index contributed by atoms with van der Waals surface area (Å²) < 4.78 is 5.09. The quantitative estimate of drug-likeness (QED) is 0.0746. The van der Waals surface area contributed by atoms with Crippen molar-refractivity contribution >= 4 is 25.7 Å². The van der Waals surface area contributed by atoms with Crippen LogP contribution in [-0.4, -0.2) is 25.7 Å². The van der Waals surface area contributed by atoms with Gasteiger partial charge in [-0.3, -0.25) is 0 Å². The molecule has 3 heteroatoms. The van der Waals surface area contributed by atoms with Crippen LogP contribution >= 0.6 is 0 Å². The average Bonchev–Trinajstić information content (AvgIpc) is 2.82. The molecule has 0 bridgehead atoms. The second-order valence-electron chi connectivity index (χ2n) is 10.5. The summed E-state index contributed by atoms with van der Waals surface area (Å²) in [4.78, 5) is 10.2. The number of carbonyl (C=O) groups excluding carboxylic acids is 1. The Hall–Kier alpha value is 0.269. The number of unbranched alkanes of at least 4 members (excludes halogenated alkanes) is 18. The number of carboxylic acid groups (broad SMARTS) is 1. The minimum absolute atomic E-state index is 0.234. The zero-order chi connectivity index (χ0) is 25.5. The number of rotatable bonds is 26. The van der Waals surface area contributed by atoms with Crippen LogP contribution in [0.3, 0.4) is 0 Å². The van der Waals surface area contributed by atoms with Gasteiger partial charge in [-0.15, -0.1) is 0 Å². The maximum absolute atomic E-state index is 10.2. The van der Waals surface area contributed by atoms with E-state index in [2.05, 4.69) is 27.7 Å². The second kappa shape index (κ2) is 33.3. The molecule has 0 rings (SSSR count). The first kappa shape index (κ1) is 36.4. The monoisotopic (exact) mass is 588 g/mol. The van der Waals surface area contributed by atoms with Gasteiger partial charge >= 0.3 is 112 Å². The van der Waals surface area contributed by atoms with Gasteiger partial charge in [0.25, 0.3) is 0 Å². The fourth-order valence-corrected chi connectivity index (χ4v) is 13.1. The molecule has 0 radical (unpaired) electrons. The third-order valence-electron chi connectivity index (χ3n) is 6.89. The molecular formula is C31H64O2Sn. The van der Waals surface area contributed by atoms with Crippen molar-refractivity contribution in [1.29, 1.82) is 0 Å². The summed E-state index contributed by atoms with van der Waals surface area (Å²) in [6.45, 7) is 9.25. The summed E-state index contributed by atoms with van der Waals surface area (Å²) in [5, 5.41) is 10.2. The minimum atomic E-state index is -0.905. The van der Waals surface area contributed by atoms with Crippen molar-refractivity contribution in [3.05, 3.63) is 0 Å². The van der Waals surface area contributed by atoms with E-state index in [4.69, 9.17) is 0 Å². The van der Waals surface area contributed by atoms with Crippen molar-refractivity contribution in [1.82, 2.24) is 0 Å². The molecule has 0 saturated carbocycles. The summed E-state index contributed by atoms with van der Waals surface area (Å²) >= 11 is -0.900. The Kier molecular flexibility index (Phi) is 35.6. The van der Waals surface area contributed by atoms with Gasteiger partial charge in [-0.2, -0.15) is 0 Å². The summed E-state index contributed by atoms with van der Waals surface area (Å²) in [5.74, 6) is -0.905. The Morgan fingerprint density at radius 1 is 0.441 bits per heavy atom. The summed E-state index contributed by atoms with van der Waals surface area (Å²) in [5.41, 5.74) is 0. The van der Waals surface area contributed by atoms with Crippen molar-refractivity contribution in [2.75, 3.05) is 0 Å². The summed E-state index contributed by atoms with van der Waals surface area (Å²) in [7, 11) is 0. The predicted octanol–water partition coefficient (Wildman–Crippen LogP) is 10.3. The van der Waals surface area contributed by atoms with E-state index in [-0.39, 0.29) is 6.42 Å². The van der Waals surface area contributed by atoms with Crippen molar-refractivity contribution in [3.8, 4) is 0 Å². The van der Waals surface area contributed by atoms with Gasteiger partial charge in [0.1, 0.15) is 0 Å². The Balaban J connectivity index is 0. The third kappa shape index (κ3) is 34.4. The molecule has 0 aliphatic rings. The van der Waals surface area contributed by atoms with Crippen molar-refractivity contribution in [3.63, 3.8) is 0 Å². The van der Waals surface area contributed by atoms with Crippen LogP contribution in [0.5, 0.6) is 0 Å².